The van der Waals surface area contributed by atoms with Crippen LogP contribution < -0.4 is 5.32 Å². The molecule has 4 aromatic rings. The molecule has 1 aliphatic rings. The Balaban J connectivity index is 1.67. The Bertz CT molecular complexity index is 1200. The molecule has 0 atom stereocenters. The number of carbonyl (C=O) groups is 1. The average Bonchev–Trinajstić information content (AvgIpc) is 3.52. The molecule has 0 aliphatic heterocycles. The SMILES string of the molecule is O=C(O)c1ccc2c(c1)nc(NC1CC1)c1nc(Cc3ccccc3)ncc12. The third kappa shape index (κ3) is 3.13. The van der Waals surface area contributed by atoms with Crippen LogP contribution in [0.3, 0.4) is 0 Å². The monoisotopic (exact) mass is 370 g/mol. The molecule has 6 heteroatoms. The molecule has 0 spiro atoms. The van der Waals surface area contributed by atoms with E-state index in [1.807, 2.05) is 24.4 Å². The first-order valence-electron chi connectivity index (χ1n) is 9.30. The van der Waals surface area contributed by atoms with Gasteiger partial charge < -0.3 is 10.4 Å². The fraction of sp³-hybridized carbons (Fsp3) is 0.182. The van der Waals surface area contributed by atoms with Crippen LogP contribution in [0, 0.1) is 0 Å². The number of hydrogen-bond donors (Lipinski definition) is 2. The zero-order valence-corrected chi connectivity index (χ0v) is 15.1. The van der Waals surface area contributed by atoms with Gasteiger partial charge in [0.1, 0.15) is 11.3 Å². The molecule has 0 saturated heterocycles. The van der Waals surface area contributed by atoms with Gasteiger partial charge in [0.2, 0.25) is 0 Å². The molecular formula is C22H18N4O2. The summed E-state index contributed by atoms with van der Waals surface area (Å²) in [6.45, 7) is 0. The van der Waals surface area contributed by atoms with Crippen molar-refractivity contribution in [1.82, 2.24) is 15.0 Å². The Hall–Kier alpha value is -3.54. The lowest BCUT2D eigenvalue weighted by atomic mass is 10.1. The number of pyridine rings is 1. The van der Waals surface area contributed by atoms with Gasteiger partial charge in [-0.25, -0.2) is 19.7 Å². The first-order valence-corrected chi connectivity index (χ1v) is 9.30. The number of carboxylic acid groups (broad SMARTS) is 1. The molecule has 0 bridgehead atoms. The van der Waals surface area contributed by atoms with Crippen molar-refractivity contribution in [2.75, 3.05) is 5.32 Å². The van der Waals surface area contributed by atoms with Gasteiger partial charge in [-0.1, -0.05) is 36.4 Å². The van der Waals surface area contributed by atoms with Gasteiger partial charge in [-0.2, -0.15) is 0 Å². The Labute approximate surface area is 161 Å². The van der Waals surface area contributed by atoms with Crippen LogP contribution in [0.2, 0.25) is 0 Å². The van der Waals surface area contributed by atoms with E-state index >= 15 is 0 Å². The number of anilines is 1. The molecule has 6 nitrogen and oxygen atoms in total. The minimum atomic E-state index is -0.963. The quantitative estimate of drug-likeness (QED) is 0.516. The number of nitrogens with one attached hydrogen (secondary N) is 1. The maximum Gasteiger partial charge on any atom is 0.335 e. The number of fused-ring (bicyclic) bond motifs is 3. The molecule has 1 aliphatic carbocycles. The molecule has 0 unspecified atom stereocenters. The molecule has 1 saturated carbocycles. The van der Waals surface area contributed by atoms with E-state index in [2.05, 4.69) is 22.4 Å². The summed E-state index contributed by atoms with van der Waals surface area (Å²) in [4.78, 5) is 25.4. The molecular weight excluding hydrogens is 352 g/mol. The van der Waals surface area contributed by atoms with Crippen LogP contribution in [-0.2, 0) is 6.42 Å². The third-order valence-corrected chi connectivity index (χ3v) is 4.95. The minimum Gasteiger partial charge on any atom is -0.478 e. The normalized spacial score (nSPS) is 13.7. The number of aromatic nitrogens is 3. The topological polar surface area (TPSA) is 88.0 Å². The second-order valence-electron chi connectivity index (χ2n) is 7.13. The van der Waals surface area contributed by atoms with Crippen LogP contribution >= 0.6 is 0 Å². The number of rotatable bonds is 5. The number of nitrogens with zero attached hydrogens (tertiary/aromatic N) is 3. The van der Waals surface area contributed by atoms with E-state index in [0.29, 0.717) is 23.8 Å². The van der Waals surface area contributed by atoms with Crippen LogP contribution in [0.4, 0.5) is 5.82 Å². The van der Waals surface area contributed by atoms with E-state index in [4.69, 9.17) is 9.97 Å². The van der Waals surface area contributed by atoms with Crippen LogP contribution in [0.15, 0.2) is 54.7 Å². The van der Waals surface area contributed by atoms with E-state index in [9.17, 15) is 9.90 Å². The summed E-state index contributed by atoms with van der Waals surface area (Å²) in [6.07, 6.45) is 4.69. The molecule has 2 aromatic heterocycles. The smallest absolute Gasteiger partial charge is 0.335 e. The molecule has 1 fully saturated rings. The number of carboxylic acids is 1. The predicted octanol–water partition coefficient (Wildman–Crippen LogP) is 4.04. The summed E-state index contributed by atoms with van der Waals surface area (Å²) in [5.74, 6) is 0.472. The van der Waals surface area contributed by atoms with Gasteiger partial charge in [0.15, 0.2) is 5.82 Å². The summed E-state index contributed by atoms with van der Waals surface area (Å²) in [7, 11) is 0. The Morgan fingerprint density at radius 3 is 2.64 bits per heavy atom. The summed E-state index contributed by atoms with van der Waals surface area (Å²) >= 11 is 0. The first-order chi connectivity index (χ1) is 13.7. The molecule has 2 N–H and O–H groups in total. The van der Waals surface area contributed by atoms with Crippen molar-refractivity contribution in [3.63, 3.8) is 0 Å². The van der Waals surface area contributed by atoms with Crippen LogP contribution in [0.1, 0.15) is 34.6 Å². The minimum absolute atomic E-state index is 0.221. The second-order valence-corrected chi connectivity index (χ2v) is 7.13. The van der Waals surface area contributed by atoms with Crippen molar-refractivity contribution >= 4 is 33.6 Å². The largest absolute Gasteiger partial charge is 0.478 e. The van der Waals surface area contributed by atoms with Crippen molar-refractivity contribution in [1.29, 1.82) is 0 Å². The van der Waals surface area contributed by atoms with Gasteiger partial charge in [-0.3, -0.25) is 0 Å². The second kappa shape index (κ2) is 6.56. The lowest BCUT2D eigenvalue weighted by molar-refractivity contribution is 0.0697. The van der Waals surface area contributed by atoms with Crippen LogP contribution in [0.5, 0.6) is 0 Å². The highest BCUT2D eigenvalue weighted by Crippen LogP contribution is 2.32. The molecule has 5 rings (SSSR count). The third-order valence-electron chi connectivity index (χ3n) is 4.95. The summed E-state index contributed by atoms with van der Waals surface area (Å²) in [6, 6.07) is 15.5. The van der Waals surface area contributed by atoms with E-state index < -0.39 is 5.97 Å². The lowest BCUT2D eigenvalue weighted by Gasteiger charge is -2.12. The van der Waals surface area contributed by atoms with Gasteiger partial charge in [-0.05, 0) is 30.5 Å². The van der Waals surface area contributed by atoms with E-state index in [1.54, 1.807) is 18.2 Å². The number of aromatic carboxylic acids is 1. The summed E-state index contributed by atoms with van der Waals surface area (Å²) in [5, 5.41) is 14.5. The Morgan fingerprint density at radius 1 is 1.07 bits per heavy atom. The van der Waals surface area contributed by atoms with Gasteiger partial charge >= 0.3 is 5.97 Å². The molecule has 138 valence electrons. The molecule has 0 amide bonds. The molecule has 2 heterocycles. The van der Waals surface area contributed by atoms with Crippen molar-refractivity contribution in [2.45, 2.75) is 25.3 Å². The maximum atomic E-state index is 11.3. The van der Waals surface area contributed by atoms with Gasteiger partial charge in [0.25, 0.3) is 0 Å². The summed E-state index contributed by atoms with van der Waals surface area (Å²) in [5.41, 5.74) is 2.79. The van der Waals surface area contributed by atoms with Crippen molar-refractivity contribution in [3.05, 3.63) is 71.7 Å². The van der Waals surface area contributed by atoms with Gasteiger partial charge in [0.05, 0.1) is 11.1 Å². The fourth-order valence-corrected chi connectivity index (χ4v) is 3.34. The molecule has 2 aromatic carbocycles. The maximum absolute atomic E-state index is 11.3. The van der Waals surface area contributed by atoms with Crippen LogP contribution in [0.25, 0.3) is 21.8 Å². The Morgan fingerprint density at radius 2 is 1.89 bits per heavy atom. The first kappa shape index (κ1) is 16.6. The van der Waals surface area contributed by atoms with Crippen molar-refractivity contribution in [3.8, 4) is 0 Å². The highest BCUT2D eigenvalue weighted by Gasteiger charge is 2.23. The fourth-order valence-electron chi connectivity index (χ4n) is 3.34. The van der Waals surface area contributed by atoms with E-state index in [1.165, 1.54) is 0 Å². The summed E-state index contributed by atoms with van der Waals surface area (Å²) < 4.78 is 0. The van der Waals surface area contributed by atoms with E-state index in [0.717, 1.165) is 40.5 Å². The highest BCUT2D eigenvalue weighted by molar-refractivity contribution is 6.09. The van der Waals surface area contributed by atoms with Crippen molar-refractivity contribution in [2.24, 2.45) is 0 Å². The number of benzene rings is 2. The standard InChI is InChI=1S/C22H18N4O2/c27-22(28)14-6-9-16-17-12-23-19(10-13-4-2-1-3-5-13)26-20(17)21(24-15-7-8-15)25-18(16)11-14/h1-6,9,11-12,15H,7-8,10H2,(H,24,25)(H,27,28). The lowest BCUT2D eigenvalue weighted by Crippen LogP contribution is -2.07. The van der Waals surface area contributed by atoms with Gasteiger partial charge in [0, 0.05) is 29.4 Å². The van der Waals surface area contributed by atoms with Crippen molar-refractivity contribution < 1.29 is 9.90 Å². The van der Waals surface area contributed by atoms with Gasteiger partial charge in [-0.15, -0.1) is 0 Å². The van der Waals surface area contributed by atoms with E-state index in [-0.39, 0.29) is 5.56 Å². The predicted molar refractivity (Wildman–Crippen MR) is 108 cm³/mol. The average molecular weight is 370 g/mol. The zero-order chi connectivity index (χ0) is 19.1. The Kier molecular flexibility index (Phi) is 3.90. The zero-order valence-electron chi connectivity index (χ0n) is 15.1. The van der Waals surface area contributed by atoms with Crippen LogP contribution in [-0.4, -0.2) is 32.1 Å². The molecule has 28 heavy (non-hydrogen) atoms. The molecule has 0 radical (unpaired) electrons. The number of hydrogen-bond acceptors (Lipinski definition) is 5. The highest BCUT2D eigenvalue weighted by atomic mass is 16.4.